The van der Waals surface area contributed by atoms with Crippen molar-refractivity contribution in [3.63, 3.8) is 0 Å². The first kappa shape index (κ1) is 17.2. The van der Waals surface area contributed by atoms with E-state index in [1.54, 1.807) is 30.3 Å². The summed E-state index contributed by atoms with van der Waals surface area (Å²) in [5.74, 6) is 0. The number of rotatable bonds is 2. The van der Waals surface area contributed by atoms with Crippen LogP contribution in [0.4, 0.5) is 13.2 Å². The average molecular weight is 379 g/mol. The van der Waals surface area contributed by atoms with E-state index in [0.717, 1.165) is 23.0 Å². The first-order valence-electron chi connectivity index (χ1n) is 6.70. The van der Waals surface area contributed by atoms with Crippen LogP contribution < -0.4 is 0 Å². The van der Waals surface area contributed by atoms with E-state index in [9.17, 15) is 26.7 Å². The Kier molecular flexibility index (Phi) is 3.92. The number of amidine groups is 1. The third kappa shape index (κ3) is 2.91. The number of aliphatic imine (C=N–C) groups is 1. The molecule has 0 aromatic heterocycles. The normalized spacial score (nSPS) is 27.5. The van der Waals surface area contributed by atoms with Crippen LogP contribution >= 0.6 is 11.8 Å². The highest BCUT2D eigenvalue weighted by Gasteiger charge is 2.60. The van der Waals surface area contributed by atoms with Crippen molar-refractivity contribution in [3.05, 3.63) is 35.9 Å². The third-order valence-electron chi connectivity index (χ3n) is 3.56. The van der Waals surface area contributed by atoms with Crippen molar-refractivity contribution < 1.29 is 26.7 Å². The summed E-state index contributed by atoms with van der Waals surface area (Å²) in [5, 5.41) is 13.3. The topological polar surface area (TPSA) is 82.3 Å². The smallest absolute Gasteiger partial charge is 0.362 e. The number of hydrazone groups is 1. The average Bonchev–Trinajstić information content (AvgIpc) is 2.88. The Balaban J connectivity index is 2.08. The van der Waals surface area contributed by atoms with Crippen LogP contribution in [-0.2, 0) is 9.84 Å². The lowest BCUT2D eigenvalue weighted by atomic mass is 10.1. The van der Waals surface area contributed by atoms with Gasteiger partial charge in [-0.05, 0) is 11.8 Å². The molecule has 0 unspecified atom stereocenters. The van der Waals surface area contributed by atoms with Gasteiger partial charge >= 0.3 is 6.18 Å². The van der Waals surface area contributed by atoms with E-state index in [4.69, 9.17) is 0 Å². The van der Waals surface area contributed by atoms with Crippen molar-refractivity contribution >= 4 is 31.8 Å². The minimum atomic E-state index is -5.09. The lowest BCUT2D eigenvalue weighted by Gasteiger charge is -2.37. The molecule has 1 aromatic rings. The minimum absolute atomic E-state index is 0.296. The molecule has 11 heteroatoms. The quantitative estimate of drug-likeness (QED) is 0.847. The van der Waals surface area contributed by atoms with E-state index in [1.165, 1.54) is 0 Å². The van der Waals surface area contributed by atoms with Crippen LogP contribution in [-0.4, -0.2) is 52.3 Å². The molecule has 0 radical (unpaired) electrons. The molecule has 2 atom stereocenters. The second kappa shape index (κ2) is 5.46. The zero-order valence-corrected chi connectivity index (χ0v) is 13.9. The predicted octanol–water partition coefficient (Wildman–Crippen LogP) is 1.78. The molecule has 1 N–H and O–H groups in total. The Labute approximate surface area is 140 Å². The Hall–Kier alpha value is -1.59. The number of fused-ring (bicyclic) bond motifs is 1. The van der Waals surface area contributed by atoms with Gasteiger partial charge in [0.2, 0.25) is 0 Å². The summed E-state index contributed by atoms with van der Waals surface area (Å²) >= 11 is 0.787. The largest absolute Gasteiger partial charge is 0.438 e. The molecule has 0 saturated heterocycles. The lowest BCUT2D eigenvalue weighted by Crippen LogP contribution is -2.55. The maximum absolute atomic E-state index is 13.1. The molecule has 24 heavy (non-hydrogen) atoms. The van der Waals surface area contributed by atoms with Crippen molar-refractivity contribution in [2.75, 3.05) is 6.26 Å². The number of aliphatic hydroxyl groups is 1. The van der Waals surface area contributed by atoms with E-state index in [1.807, 2.05) is 0 Å². The van der Waals surface area contributed by atoms with E-state index in [-0.39, 0.29) is 5.17 Å². The predicted molar refractivity (Wildman–Crippen MR) is 84.1 cm³/mol. The number of halogens is 3. The molecule has 3 rings (SSSR count). The van der Waals surface area contributed by atoms with Gasteiger partial charge in [-0.25, -0.2) is 18.4 Å². The van der Waals surface area contributed by atoms with E-state index in [2.05, 4.69) is 10.1 Å². The number of hydrogen-bond acceptors (Lipinski definition) is 7. The maximum atomic E-state index is 13.1. The standard InChI is InChI=1S/C13H12F3N3O3S2/c1-24(21,22)9-7-12(20,13(14,15)16)17-11-19(9)18-10(23-11)8-5-3-2-4-6-8/h2-6,9,20H,7H2,1H3/t9-,12-/m1/s1. The first-order valence-corrected chi connectivity index (χ1v) is 9.47. The first-order chi connectivity index (χ1) is 11.0. The molecule has 130 valence electrons. The molecule has 0 fully saturated rings. The fourth-order valence-electron chi connectivity index (χ4n) is 2.30. The van der Waals surface area contributed by atoms with Crippen molar-refractivity contribution in [2.24, 2.45) is 10.1 Å². The maximum Gasteiger partial charge on any atom is 0.438 e. The molecule has 2 heterocycles. The molecule has 0 saturated carbocycles. The molecular weight excluding hydrogens is 367 g/mol. The molecule has 2 aliphatic rings. The molecule has 0 aliphatic carbocycles. The molecule has 0 spiro atoms. The van der Waals surface area contributed by atoms with E-state index < -0.39 is 33.5 Å². The Morgan fingerprint density at radius 2 is 1.96 bits per heavy atom. The monoisotopic (exact) mass is 379 g/mol. The Bertz CT molecular complexity index is 824. The molecule has 0 bridgehead atoms. The summed E-state index contributed by atoms with van der Waals surface area (Å²) in [5.41, 5.74) is -2.84. The highest BCUT2D eigenvalue weighted by atomic mass is 32.2. The zero-order valence-electron chi connectivity index (χ0n) is 12.2. The molecule has 0 amide bonds. The van der Waals surface area contributed by atoms with Gasteiger partial charge in [-0.3, -0.25) is 0 Å². The summed E-state index contributed by atoms with van der Waals surface area (Å²) in [4.78, 5) is 3.34. The summed E-state index contributed by atoms with van der Waals surface area (Å²) in [6, 6.07) is 8.58. The summed E-state index contributed by atoms with van der Waals surface area (Å²) in [6.45, 7) is 0. The van der Waals surface area contributed by atoms with Crippen LogP contribution in [0.3, 0.4) is 0 Å². The van der Waals surface area contributed by atoms with Crippen LogP contribution in [0.25, 0.3) is 0 Å². The van der Waals surface area contributed by atoms with Gasteiger partial charge in [-0.15, -0.1) is 0 Å². The van der Waals surface area contributed by atoms with Crippen molar-refractivity contribution in [1.82, 2.24) is 5.01 Å². The number of benzene rings is 1. The Morgan fingerprint density at radius 1 is 1.33 bits per heavy atom. The van der Waals surface area contributed by atoms with Crippen LogP contribution in [0.15, 0.2) is 40.4 Å². The second-order valence-electron chi connectivity index (χ2n) is 5.41. The number of thioether (sulfide) groups is 1. The van der Waals surface area contributed by atoms with Gasteiger partial charge in [0.25, 0.3) is 5.72 Å². The van der Waals surface area contributed by atoms with Crippen LogP contribution in [0.2, 0.25) is 0 Å². The van der Waals surface area contributed by atoms with E-state index >= 15 is 0 Å². The van der Waals surface area contributed by atoms with Crippen LogP contribution in [0.5, 0.6) is 0 Å². The molecule has 1 aromatic carbocycles. The third-order valence-corrected chi connectivity index (χ3v) is 5.89. The molecular formula is C13H12F3N3O3S2. The fourth-order valence-corrected chi connectivity index (χ4v) is 4.42. The van der Waals surface area contributed by atoms with Gasteiger partial charge in [0.15, 0.2) is 20.4 Å². The summed E-state index contributed by atoms with van der Waals surface area (Å²) < 4.78 is 63.3. The van der Waals surface area contributed by atoms with Gasteiger partial charge in [0, 0.05) is 18.2 Å². The van der Waals surface area contributed by atoms with Crippen molar-refractivity contribution in [1.29, 1.82) is 0 Å². The zero-order chi connectivity index (χ0) is 17.8. The van der Waals surface area contributed by atoms with Gasteiger partial charge in [0.05, 0.1) is 0 Å². The van der Waals surface area contributed by atoms with Gasteiger partial charge in [-0.1, -0.05) is 30.3 Å². The lowest BCUT2D eigenvalue weighted by molar-refractivity contribution is -0.262. The van der Waals surface area contributed by atoms with Gasteiger partial charge < -0.3 is 5.11 Å². The number of nitrogens with zero attached hydrogens (tertiary/aromatic N) is 3. The Morgan fingerprint density at radius 3 is 2.50 bits per heavy atom. The minimum Gasteiger partial charge on any atom is -0.362 e. The summed E-state index contributed by atoms with van der Waals surface area (Å²) in [7, 11) is -3.95. The number of sulfone groups is 1. The highest BCUT2D eigenvalue weighted by molar-refractivity contribution is 8.27. The van der Waals surface area contributed by atoms with Gasteiger partial charge in [0.1, 0.15) is 5.04 Å². The van der Waals surface area contributed by atoms with Crippen molar-refractivity contribution in [3.8, 4) is 0 Å². The van der Waals surface area contributed by atoms with Crippen LogP contribution in [0.1, 0.15) is 12.0 Å². The SMILES string of the molecule is CS(=O)(=O)[C@@H]1C[C@@](O)(C(F)(F)F)N=C2SC(c3ccccc3)=NN21. The molecule has 2 aliphatic heterocycles. The van der Waals surface area contributed by atoms with Crippen LogP contribution in [0, 0.1) is 0 Å². The van der Waals surface area contributed by atoms with Crippen molar-refractivity contribution in [2.45, 2.75) is 23.7 Å². The molecule has 6 nitrogen and oxygen atoms in total. The van der Waals surface area contributed by atoms with E-state index in [0.29, 0.717) is 10.6 Å². The number of alkyl halides is 3. The fraction of sp³-hybridized carbons (Fsp3) is 0.385. The van der Waals surface area contributed by atoms with Gasteiger partial charge in [-0.2, -0.15) is 18.3 Å². The second-order valence-corrected chi connectivity index (χ2v) is 8.57. The highest BCUT2D eigenvalue weighted by Crippen LogP contribution is 2.43. The summed E-state index contributed by atoms with van der Waals surface area (Å²) in [6.07, 6.45) is -5.42. The number of hydrogen-bond donors (Lipinski definition) is 1.